The number of guanidine groups is 1. The first kappa shape index (κ1) is 38.1. The molecule has 1 saturated heterocycles. The molecule has 1 fully saturated rings. The lowest BCUT2D eigenvalue weighted by molar-refractivity contribution is -0.138. The Balaban J connectivity index is 1.86. The number of amides is 2. The number of alkyl carbamates (subject to hydrolysis) is 1. The van der Waals surface area contributed by atoms with Crippen LogP contribution in [0.2, 0.25) is 0 Å². The molecule has 264 valence electrons. The molecular formula is C34H46F3N5O6. The van der Waals surface area contributed by atoms with Crippen molar-refractivity contribution in [2.45, 2.75) is 111 Å². The predicted molar refractivity (Wildman–Crippen MR) is 174 cm³/mol. The van der Waals surface area contributed by atoms with Gasteiger partial charge in [-0.1, -0.05) is 22.4 Å². The molecule has 1 atom stereocenters. The largest absolute Gasteiger partial charge is 0.489 e. The highest BCUT2D eigenvalue weighted by Gasteiger charge is 2.37. The summed E-state index contributed by atoms with van der Waals surface area (Å²) in [4.78, 5) is 35.3. The van der Waals surface area contributed by atoms with Crippen LogP contribution in [0.5, 0.6) is 5.75 Å². The van der Waals surface area contributed by atoms with Crippen molar-refractivity contribution in [3.8, 4) is 17.1 Å². The Labute approximate surface area is 279 Å². The van der Waals surface area contributed by atoms with E-state index in [1.54, 1.807) is 52.5 Å². The number of alkyl halides is 3. The molecule has 0 spiro atoms. The fourth-order valence-corrected chi connectivity index (χ4v) is 4.68. The van der Waals surface area contributed by atoms with E-state index in [0.717, 1.165) is 24.5 Å². The maximum Gasteiger partial charge on any atom is 0.437 e. The van der Waals surface area contributed by atoms with E-state index in [0.29, 0.717) is 19.4 Å². The third kappa shape index (κ3) is 12.0. The normalized spacial score (nSPS) is 16.1. The van der Waals surface area contributed by atoms with E-state index in [-0.39, 0.29) is 35.6 Å². The Kier molecular flexibility index (Phi) is 12.5. The van der Waals surface area contributed by atoms with Crippen LogP contribution in [0.3, 0.4) is 0 Å². The van der Waals surface area contributed by atoms with Crippen molar-refractivity contribution in [2.75, 3.05) is 13.2 Å². The number of hydrogen-bond donors (Lipinski definition) is 1. The second-order valence-corrected chi connectivity index (χ2v) is 13.7. The number of carbonyl (C=O) groups is 2. The van der Waals surface area contributed by atoms with Gasteiger partial charge in [0.15, 0.2) is 0 Å². The van der Waals surface area contributed by atoms with E-state index < -0.39 is 41.2 Å². The molecule has 0 aliphatic carbocycles. The Hall–Kier alpha value is -4.36. The minimum Gasteiger partial charge on any atom is -0.489 e. The summed E-state index contributed by atoms with van der Waals surface area (Å²) in [5.74, 6) is -0.480. The molecule has 0 radical (unpaired) electrons. The third-order valence-corrected chi connectivity index (χ3v) is 6.76. The molecule has 2 amide bonds. The molecule has 2 heterocycles. The minimum atomic E-state index is -4.71. The summed E-state index contributed by atoms with van der Waals surface area (Å²) in [6.07, 6.45) is 0.0575. The summed E-state index contributed by atoms with van der Waals surface area (Å²) < 4.78 is 64.0. The Morgan fingerprint density at radius 1 is 1.06 bits per heavy atom. The predicted octanol–water partition coefficient (Wildman–Crippen LogP) is 8.78. The zero-order valence-electron chi connectivity index (χ0n) is 29.1. The molecule has 3 rings (SSSR count). The summed E-state index contributed by atoms with van der Waals surface area (Å²) in [6.45, 7) is 16.3. The SMILES string of the molecule is CC(C)=CCC/C(C)=C/COc1ccc(-c2noc(C3CCCN3C(=NC(=O)OC(C)(C)C)NC(=O)OC(C)(C)C)n2)cc1C(F)(F)F. The van der Waals surface area contributed by atoms with Crippen molar-refractivity contribution in [1.29, 1.82) is 0 Å². The average molecular weight is 678 g/mol. The highest BCUT2D eigenvalue weighted by atomic mass is 19.4. The maximum absolute atomic E-state index is 14.1. The van der Waals surface area contributed by atoms with Crippen molar-refractivity contribution in [1.82, 2.24) is 20.4 Å². The average Bonchev–Trinajstić information content (AvgIpc) is 3.60. The number of allylic oxidation sites excluding steroid dienone is 3. The van der Waals surface area contributed by atoms with E-state index in [9.17, 15) is 22.8 Å². The molecular weight excluding hydrogens is 631 g/mol. The van der Waals surface area contributed by atoms with Gasteiger partial charge in [-0.05, 0) is 112 Å². The van der Waals surface area contributed by atoms with E-state index >= 15 is 0 Å². The molecule has 2 aromatic rings. The minimum absolute atomic E-state index is 0.0164. The van der Waals surface area contributed by atoms with Gasteiger partial charge in [0.2, 0.25) is 17.7 Å². The van der Waals surface area contributed by atoms with Crippen LogP contribution < -0.4 is 10.1 Å². The molecule has 1 aliphatic rings. The second-order valence-electron chi connectivity index (χ2n) is 13.7. The zero-order chi connectivity index (χ0) is 35.9. The van der Waals surface area contributed by atoms with Gasteiger partial charge >= 0.3 is 18.4 Å². The van der Waals surface area contributed by atoms with E-state index in [4.69, 9.17) is 18.7 Å². The number of nitrogens with one attached hydrogen (secondary N) is 1. The number of benzene rings is 1. The second kappa shape index (κ2) is 15.7. The number of aromatic nitrogens is 2. The lowest BCUT2D eigenvalue weighted by atomic mass is 10.1. The maximum atomic E-state index is 14.1. The molecule has 0 saturated carbocycles. The fraction of sp³-hybridized carbons (Fsp3) is 0.559. The van der Waals surface area contributed by atoms with Crippen molar-refractivity contribution in [3.63, 3.8) is 0 Å². The van der Waals surface area contributed by atoms with Gasteiger partial charge in [-0.15, -0.1) is 4.99 Å². The number of likely N-dealkylation sites (tertiary alicyclic amines) is 1. The smallest absolute Gasteiger partial charge is 0.437 e. The third-order valence-electron chi connectivity index (χ3n) is 6.76. The quantitative estimate of drug-likeness (QED) is 0.166. The lowest BCUT2D eigenvalue weighted by Gasteiger charge is -2.27. The first-order valence-electron chi connectivity index (χ1n) is 15.8. The first-order chi connectivity index (χ1) is 22.2. The van der Waals surface area contributed by atoms with Gasteiger partial charge in [-0.25, -0.2) is 9.59 Å². The van der Waals surface area contributed by atoms with Gasteiger partial charge in [0, 0.05) is 12.1 Å². The number of halogens is 3. The van der Waals surface area contributed by atoms with Crippen LogP contribution in [-0.4, -0.2) is 57.5 Å². The summed E-state index contributed by atoms with van der Waals surface area (Å²) >= 11 is 0. The molecule has 48 heavy (non-hydrogen) atoms. The highest BCUT2D eigenvalue weighted by Crippen LogP contribution is 2.39. The van der Waals surface area contributed by atoms with Gasteiger partial charge in [-0.3, -0.25) is 5.32 Å². The standard InChI is InChI=1S/C34H46F3N5O6/c1-21(2)12-10-13-22(3)17-19-45-26-16-15-23(20-24(26)34(35,36)37)27-38-28(48-41-27)25-14-11-18-42(25)29(39-30(43)46-32(4,5)6)40-31(44)47-33(7,8)9/h12,15-17,20,25H,10-11,13-14,18-19H2,1-9H3,(H,39,40,43,44)/b22-17+. The van der Waals surface area contributed by atoms with Crippen LogP contribution in [0.4, 0.5) is 22.8 Å². The van der Waals surface area contributed by atoms with Crippen LogP contribution in [-0.2, 0) is 15.7 Å². The van der Waals surface area contributed by atoms with E-state index in [2.05, 4.69) is 26.5 Å². The first-order valence-corrected chi connectivity index (χ1v) is 15.8. The van der Waals surface area contributed by atoms with Gasteiger partial charge in [0.05, 0.1) is 5.56 Å². The summed E-state index contributed by atoms with van der Waals surface area (Å²) in [5, 5.41) is 6.46. The van der Waals surface area contributed by atoms with E-state index in [1.165, 1.54) is 17.7 Å². The number of aliphatic imine (C=N–C) groups is 1. The van der Waals surface area contributed by atoms with Crippen LogP contribution in [0, 0.1) is 0 Å². The van der Waals surface area contributed by atoms with Gasteiger partial charge in [0.1, 0.15) is 29.6 Å². The highest BCUT2D eigenvalue weighted by molar-refractivity contribution is 5.99. The molecule has 1 aromatic heterocycles. The Morgan fingerprint density at radius 3 is 2.38 bits per heavy atom. The van der Waals surface area contributed by atoms with Crippen molar-refractivity contribution >= 4 is 18.1 Å². The fourth-order valence-electron chi connectivity index (χ4n) is 4.68. The number of carbonyl (C=O) groups excluding carboxylic acids is 2. The van der Waals surface area contributed by atoms with Crippen LogP contribution in [0.15, 0.2) is 51.0 Å². The van der Waals surface area contributed by atoms with Gasteiger partial charge in [0.25, 0.3) is 0 Å². The topological polar surface area (TPSA) is 128 Å². The van der Waals surface area contributed by atoms with Crippen LogP contribution in [0.25, 0.3) is 11.4 Å². The number of ether oxygens (including phenoxy) is 3. The molecule has 11 nitrogen and oxygen atoms in total. The Morgan fingerprint density at radius 2 is 1.75 bits per heavy atom. The number of nitrogens with zero attached hydrogens (tertiary/aromatic N) is 4. The summed E-state index contributed by atoms with van der Waals surface area (Å²) in [7, 11) is 0. The van der Waals surface area contributed by atoms with Crippen LogP contribution in [0.1, 0.15) is 105 Å². The van der Waals surface area contributed by atoms with Gasteiger partial charge in [-0.2, -0.15) is 18.2 Å². The number of rotatable bonds is 8. The molecule has 0 bridgehead atoms. The molecule has 1 unspecified atom stereocenters. The van der Waals surface area contributed by atoms with E-state index in [1.807, 2.05) is 20.8 Å². The van der Waals surface area contributed by atoms with Crippen LogP contribution >= 0.6 is 0 Å². The molecule has 1 aromatic carbocycles. The van der Waals surface area contributed by atoms with Crippen molar-refractivity contribution in [3.05, 3.63) is 53.0 Å². The molecule has 1 N–H and O–H groups in total. The molecule has 1 aliphatic heterocycles. The van der Waals surface area contributed by atoms with Gasteiger partial charge < -0.3 is 23.6 Å². The monoisotopic (exact) mass is 677 g/mol. The van der Waals surface area contributed by atoms with Crippen molar-refractivity contribution < 1.29 is 41.5 Å². The number of hydrogen-bond acceptors (Lipinski definition) is 8. The molecule has 14 heteroatoms. The van der Waals surface area contributed by atoms with Crippen molar-refractivity contribution in [2.24, 2.45) is 4.99 Å². The summed E-state index contributed by atoms with van der Waals surface area (Å²) in [6, 6.07) is 2.93. The lowest BCUT2D eigenvalue weighted by Crippen LogP contribution is -2.46. The Bertz CT molecular complexity index is 1530. The zero-order valence-corrected chi connectivity index (χ0v) is 29.1. The summed E-state index contributed by atoms with van der Waals surface area (Å²) in [5.41, 5.74) is -0.368.